The van der Waals surface area contributed by atoms with E-state index < -0.39 is 11.7 Å². The maximum atomic E-state index is 12.9. The van der Waals surface area contributed by atoms with Crippen LogP contribution in [0.4, 0.5) is 13.2 Å². The van der Waals surface area contributed by atoms with Crippen LogP contribution in [0.1, 0.15) is 20.8 Å². The van der Waals surface area contributed by atoms with E-state index in [-0.39, 0.29) is 17.9 Å². The third-order valence-electron chi connectivity index (χ3n) is 2.63. The van der Waals surface area contributed by atoms with Gasteiger partial charge in [-0.2, -0.15) is 13.2 Å². The summed E-state index contributed by atoms with van der Waals surface area (Å²) in [5.41, 5.74) is -0.948. The van der Waals surface area contributed by atoms with E-state index in [1.54, 1.807) is 0 Å². The first-order valence-electron chi connectivity index (χ1n) is 5.82. The number of benzene rings is 1. The summed E-state index contributed by atoms with van der Waals surface area (Å²) in [7, 11) is 0. The van der Waals surface area contributed by atoms with E-state index in [1.807, 2.05) is 17.5 Å². The zero-order valence-electron chi connectivity index (χ0n) is 10.3. The van der Waals surface area contributed by atoms with Crippen molar-refractivity contribution in [1.82, 2.24) is 0 Å². The summed E-state index contributed by atoms with van der Waals surface area (Å²) in [5.74, 6) is -0.250. The SMILES string of the molecule is O=Cc1ccc(OCCc2cccs2)c(C(F)(F)F)c1. The molecule has 0 spiro atoms. The zero-order chi connectivity index (χ0) is 14.6. The van der Waals surface area contributed by atoms with Crippen LogP contribution in [0.5, 0.6) is 5.75 Å². The number of aldehydes is 1. The molecule has 0 atom stereocenters. The minimum Gasteiger partial charge on any atom is -0.493 e. The minimum absolute atomic E-state index is 0.0251. The van der Waals surface area contributed by atoms with Gasteiger partial charge in [0.1, 0.15) is 12.0 Å². The standard InChI is InChI=1S/C14H11F3O2S/c15-14(16,17)12-8-10(9-18)3-4-13(12)19-6-5-11-2-1-7-20-11/h1-4,7-9H,5-6H2. The van der Waals surface area contributed by atoms with Gasteiger partial charge in [-0.15, -0.1) is 11.3 Å². The number of halogens is 3. The summed E-state index contributed by atoms with van der Waals surface area (Å²) >= 11 is 1.53. The second-order valence-corrected chi connectivity index (χ2v) is 5.08. The molecule has 0 aliphatic rings. The van der Waals surface area contributed by atoms with E-state index in [2.05, 4.69) is 0 Å². The van der Waals surface area contributed by atoms with E-state index in [0.29, 0.717) is 12.7 Å². The first-order valence-corrected chi connectivity index (χ1v) is 6.70. The van der Waals surface area contributed by atoms with Crippen molar-refractivity contribution in [2.45, 2.75) is 12.6 Å². The molecular weight excluding hydrogens is 289 g/mol. The average molecular weight is 300 g/mol. The van der Waals surface area contributed by atoms with Crippen molar-refractivity contribution in [3.8, 4) is 5.75 Å². The Hall–Kier alpha value is -1.82. The Bertz CT molecular complexity index is 577. The lowest BCUT2D eigenvalue weighted by Gasteiger charge is -2.14. The fourth-order valence-electron chi connectivity index (χ4n) is 1.68. The van der Waals surface area contributed by atoms with Crippen LogP contribution >= 0.6 is 11.3 Å². The van der Waals surface area contributed by atoms with Crippen LogP contribution in [0.15, 0.2) is 35.7 Å². The van der Waals surface area contributed by atoms with E-state index >= 15 is 0 Å². The third kappa shape index (κ3) is 3.60. The number of carbonyl (C=O) groups is 1. The molecule has 2 rings (SSSR count). The maximum Gasteiger partial charge on any atom is 0.419 e. The molecule has 0 bridgehead atoms. The van der Waals surface area contributed by atoms with Gasteiger partial charge in [0.15, 0.2) is 0 Å². The molecule has 1 heterocycles. The van der Waals surface area contributed by atoms with E-state index in [9.17, 15) is 18.0 Å². The first-order chi connectivity index (χ1) is 9.50. The van der Waals surface area contributed by atoms with Gasteiger partial charge in [-0.1, -0.05) is 6.07 Å². The molecule has 0 N–H and O–H groups in total. The van der Waals surface area contributed by atoms with Crippen LogP contribution in [-0.4, -0.2) is 12.9 Å². The fourth-order valence-corrected chi connectivity index (χ4v) is 2.37. The van der Waals surface area contributed by atoms with E-state index in [1.165, 1.54) is 23.5 Å². The number of hydrogen-bond acceptors (Lipinski definition) is 3. The number of carbonyl (C=O) groups excluding carboxylic acids is 1. The van der Waals surface area contributed by atoms with Gasteiger partial charge in [-0.3, -0.25) is 4.79 Å². The topological polar surface area (TPSA) is 26.3 Å². The highest BCUT2D eigenvalue weighted by Gasteiger charge is 2.34. The van der Waals surface area contributed by atoms with Crippen LogP contribution in [0.2, 0.25) is 0 Å². The molecular formula is C14H11F3O2S. The molecule has 106 valence electrons. The Morgan fingerprint density at radius 3 is 2.65 bits per heavy atom. The van der Waals surface area contributed by atoms with Crippen molar-refractivity contribution >= 4 is 17.6 Å². The van der Waals surface area contributed by atoms with Gasteiger partial charge in [0.25, 0.3) is 0 Å². The van der Waals surface area contributed by atoms with Crippen LogP contribution in [-0.2, 0) is 12.6 Å². The highest BCUT2D eigenvalue weighted by molar-refractivity contribution is 7.09. The van der Waals surface area contributed by atoms with E-state index in [0.717, 1.165) is 10.9 Å². The number of alkyl halides is 3. The third-order valence-corrected chi connectivity index (χ3v) is 3.57. The van der Waals surface area contributed by atoms with Gasteiger partial charge < -0.3 is 4.74 Å². The molecule has 0 amide bonds. The largest absolute Gasteiger partial charge is 0.493 e. The summed E-state index contributed by atoms with van der Waals surface area (Å²) in [6.45, 7) is 0.157. The number of rotatable bonds is 5. The molecule has 0 aliphatic carbocycles. The molecule has 2 aromatic rings. The van der Waals surface area contributed by atoms with Crippen LogP contribution in [0, 0.1) is 0 Å². The number of thiophene rings is 1. The van der Waals surface area contributed by atoms with Gasteiger partial charge >= 0.3 is 6.18 Å². The molecule has 0 saturated heterocycles. The fraction of sp³-hybridized carbons (Fsp3) is 0.214. The van der Waals surface area contributed by atoms with Crippen LogP contribution in [0.3, 0.4) is 0 Å². The smallest absolute Gasteiger partial charge is 0.419 e. The predicted molar refractivity (Wildman–Crippen MR) is 70.3 cm³/mol. The second-order valence-electron chi connectivity index (χ2n) is 4.05. The summed E-state index contributed by atoms with van der Waals surface area (Å²) < 4.78 is 43.8. The monoisotopic (exact) mass is 300 g/mol. The normalized spacial score (nSPS) is 11.3. The quantitative estimate of drug-likeness (QED) is 0.774. The van der Waals surface area contributed by atoms with Crippen molar-refractivity contribution < 1.29 is 22.7 Å². The van der Waals surface area contributed by atoms with Gasteiger partial charge in [0.05, 0.1) is 12.2 Å². The Morgan fingerprint density at radius 1 is 1.25 bits per heavy atom. The highest BCUT2D eigenvalue weighted by Crippen LogP contribution is 2.36. The minimum atomic E-state index is -4.54. The lowest BCUT2D eigenvalue weighted by molar-refractivity contribution is -0.138. The van der Waals surface area contributed by atoms with Crippen molar-refractivity contribution in [2.75, 3.05) is 6.61 Å². The molecule has 20 heavy (non-hydrogen) atoms. The molecule has 0 saturated carbocycles. The lowest BCUT2D eigenvalue weighted by atomic mass is 10.1. The van der Waals surface area contributed by atoms with Crippen molar-refractivity contribution in [3.63, 3.8) is 0 Å². The highest BCUT2D eigenvalue weighted by atomic mass is 32.1. The van der Waals surface area contributed by atoms with Crippen molar-refractivity contribution in [3.05, 3.63) is 51.7 Å². The maximum absolute atomic E-state index is 12.9. The summed E-state index contributed by atoms with van der Waals surface area (Å²) in [4.78, 5) is 11.6. The van der Waals surface area contributed by atoms with Gasteiger partial charge in [0, 0.05) is 16.9 Å². The molecule has 0 unspecified atom stereocenters. The van der Waals surface area contributed by atoms with Gasteiger partial charge in [-0.25, -0.2) is 0 Å². The Morgan fingerprint density at radius 2 is 2.05 bits per heavy atom. The van der Waals surface area contributed by atoms with Crippen molar-refractivity contribution in [1.29, 1.82) is 0 Å². The number of ether oxygens (including phenoxy) is 1. The average Bonchev–Trinajstić information content (AvgIpc) is 2.91. The summed E-state index contributed by atoms with van der Waals surface area (Å²) in [6, 6.07) is 7.06. The molecule has 0 aliphatic heterocycles. The first kappa shape index (κ1) is 14.6. The zero-order valence-corrected chi connectivity index (χ0v) is 11.1. The molecule has 2 nitrogen and oxygen atoms in total. The molecule has 0 fully saturated rings. The van der Waals surface area contributed by atoms with E-state index in [4.69, 9.17) is 4.74 Å². The predicted octanol–water partition coefficient (Wildman–Crippen LogP) is 4.20. The molecule has 1 aromatic carbocycles. The summed E-state index contributed by atoms with van der Waals surface area (Å²) in [6.07, 6.45) is -3.62. The lowest BCUT2D eigenvalue weighted by Crippen LogP contribution is -2.10. The van der Waals surface area contributed by atoms with Crippen molar-refractivity contribution in [2.24, 2.45) is 0 Å². The molecule has 6 heteroatoms. The van der Waals surface area contributed by atoms with Gasteiger partial charge in [0.2, 0.25) is 0 Å². The number of hydrogen-bond donors (Lipinski definition) is 0. The van der Waals surface area contributed by atoms with Gasteiger partial charge in [-0.05, 0) is 29.6 Å². The van der Waals surface area contributed by atoms with Crippen LogP contribution < -0.4 is 4.74 Å². The summed E-state index contributed by atoms with van der Waals surface area (Å²) in [5, 5.41) is 1.90. The second kappa shape index (κ2) is 6.09. The Balaban J connectivity index is 2.12. The van der Waals surface area contributed by atoms with Crippen LogP contribution in [0.25, 0.3) is 0 Å². The molecule has 1 aromatic heterocycles. The Labute approximate surface area is 117 Å². The molecule has 0 radical (unpaired) electrons. The Kier molecular flexibility index (Phi) is 4.44.